The van der Waals surface area contributed by atoms with Crippen molar-refractivity contribution in [1.29, 1.82) is 0 Å². The van der Waals surface area contributed by atoms with Crippen LogP contribution in [0.1, 0.15) is 65.7 Å². The lowest BCUT2D eigenvalue weighted by Crippen LogP contribution is -2.60. The van der Waals surface area contributed by atoms with Crippen LogP contribution in [0.4, 0.5) is 4.79 Å². The fourth-order valence-electron chi connectivity index (χ4n) is 8.38. The largest absolute Gasteiger partial charge is 0.338 e. The summed E-state index contributed by atoms with van der Waals surface area (Å²) in [4.78, 5) is 45.0. The Balaban J connectivity index is 0.00000380. The Bertz CT molecular complexity index is 901. The summed E-state index contributed by atoms with van der Waals surface area (Å²) in [6, 6.07) is 0.00537. The van der Waals surface area contributed by atoms with Gasteiger partial charge in [0.05, 0.1) is 0 Å². The average molecular weight is 555 g/mol. The molecule has 3 saturated carbocycles. The summed E-state index contributed by atoms with van der Waals surface area (Å²) in [6.45, 7) is 7.99. The zero-order chi connectivity index (χ0) is 26.3. The van der Waals surface area contributed by atoms with Gasteiger partial charge >= 0.3 is 6.03 Å². The number of nitrogens with one attached hydrogen (secondary N) is 1. The van der Waals surface area contributed by atoms with Crippen LogP contribution in [0.5, 0.6) is 0 Å². The third-order valence-corrected chi connectivity index (χ3v) is 10.8. The molecule has 37 heavy (non-hydrogen) atoms. The first-order chi connectivity index (χ1) is 17.0. The predicted octanol–water partition coefficient (Wildman–Crippen LogP) is 4.82. The lowest BCUT2D eigenvalue weighted by atomic mass is 9.47. The van der Waals surface area contributed by atoms with Crippen LogP contribution in [0.2, 0.25) is 0 Å². The lowest BCUT2D eigenvalue weighted by molar-refractivity contribution is -0.145. The third kappa shape index (κ3) is 5.44. The molecular weight excluding hydrogens is 508 g/mol. The fourth-order valence-corrected chi connectivity index (χ4v) is 8.76. The minimum Gasteiger partial charge on any atom is -0.338 e. The number of hydrogen-bond acceptors (Lipinski definition) is 5. The van der Waals surface area contributed by atoms with Crippen molar-refractivity contribution in [3.63, 3.8) is 0 Å². The second-order valence-corrected chi connectivity index (χ2v) is 13.4. The van der Waals surface area contributed by atoms with E-state index in [0.29, 0.717) is 24.3 Å². The highest BCUT2D eigenvalue weighted by Crippen LogP contribution is 2.65. The number of urea groups is 1. The first-order valence-electron chi connectivity index (χ1n) is 13.9. The van der Waals surface area contributed by atoms with Crippen LogP contribution in [0.15, 0.2) is 12.2 Å². The molecule has 1 N–H and O–H groups in total. The topological polar surface area (TPSA) is 73.0 Å². The summed E-state index contributed by atoms with van der Waals surface area (Å²) >= 11 is 1.35. The van der Waals surface area contributed by atoms with Gasteiger partial charge in [-0.3, -0.25) is 19.2 Å². The summed E-state index contributed by atoms with van der Waals surface area (Å²) in [5, 5.41) is 0. The zero-order valence-corrected chi connectivity index (χ0v) is 25.1. The van der Waals surface area contributed by atoms with Crippen LogP contribution >= 0.6 is 24.4 Å². The fraction of sp³-hybridized carbons (Fsp3) is 0.821. The van der Waals surface area contributed by atoms with Gasteiger partial charge < -0.3 is 9.80 Å². The maximum Gasteiger partial charge on any atom is 0.334 e. The second kappa shape index (κ2) is 11.9. The molecular formula is C28H47ClN4O3S. The third-order valence-electron chi connectivity index (χ3n) is 10.2. The van der Waals surface area contributed by atoms with E-state index in [9.17, 15) is 14.4 Å². The van der Waals surface area contributed by atoms with Gasteiger partial charge in [-0.1, -0.05) is 26.8 Å². The first-order valence-corrected chi connectivity index (χ1v) is 14.9. The Hall–Kier alpha value is -1.25. The highest BCUT2D eigenvalue weighted by molar-refractivity contribution is 7.97. The molecule has 1 heterocycles. The highest BCUT2D eigenvalue weighted by atomic mass is 35.5. The summed E-state index contributed by atoms with van der Waals surface area (Å²) in [5.41, 5.74) is -0.0655. The number of rotatable bonds is 7. The Morgan fingerprint density at radius 2 is 1.84 bits per heavy atom. The lowest BCUT2D eigenvalue weighted by Gasteiger charge is -2.60. The van der Waals surface area contributed by atoms with Gasteiger partial charge in [0.2, 0.25) is 11.8 Å². The van der Waals surface area contributed by atoms with Crippen molar-refractivity contribution in [2.24, 2.45) is 34.5 Å². The number of carbonyl (C=O) groups is 3. The van der Waals surface area contributed by atoms with Gasteiger partial charge in [0.15, 0.2) is 0 Å². The van der Waals surface area contributed by atoms with Crippen LogP contribution in [0.3, 0.4) is 0 Å². The van der Waals surface area contributed by atoms with Gasteiger partial charge in [-0.05, 0) is 107 Å². The molecule has 4 amide bonds. The maximum atomic E-state index is 14.0. The van der Waals surface area contributed by atoms with Gasteiger partial charge in [-0.15, -0.1) is 12.4 Å². The maximum absolute atomic E-state index is 14.0. The molecule has 1 aliphatic heterocycles. The van der Waals surface area contributed by atoms with E-state index >= 15 is 0 Å². The number of amides is 4. The molecule has 3 fully saturated rings. The van der Waals surface area contributed by atoms with E-state index in [2.05, 4.69) is 29.5 Å². The van der Waals surface area contributed by atoms with E-state index in [0.717, 1.165) is 57.2 Å². The van der Waals surface area contributed by atoms with Crippen molar-refractivity contribution in [3.05, 3.63) is 12.2 Å². The Kier molecular flexibility index (Phi) is 9.72. The van der Waals surface area contributed by atoms with Crippen molar-refractivity contribution >= 4 is 42.2 Å². The number of fused-ring (bicyclic) bond motifs is 5. The van der Waals surface area contributed by atoms with Crippen molar-refractivity contribution in [1.82, 2.24) is 19.4 Å². The van der Waals surface area contributed by atoms with Gasteiger partial charge in [0.1, 0.15) is 0 Å². The molecule has 0 saturated heterocycles. The number of carbonyl (C=O) groups excluding carboxylic acids is 3. The van der Waals surface area contributed by atoms with Crippen molar-refractivity contribution in [3.8, 4) is 0 Å². The molecule has 2 unspecified atom stereocenters. The van der Waals surface area contributed by atoms with Crippen LogP contribution in [-0.2, 0) is 9.59 Å². The van der Waals surface area contributed by atoms with Crippen LogP contribution in [0, 0.1) is 34.5 Å². The molecule has 0 radical (unpaired) electrons. The van der Waals surface area contributed by atoms with Crippen molar-refractivity contribution in [2.45, 2.75) is 71.8 Å². The normalized spacial score (nSPS) is 36.4. The quantitative estimate of drug-likeness (QED) is 0.457. The Morgan fingerprint density at radius 1 is 1.11 bits per heavy atom. The van der Waals surface area contributed by atoms with Gasteiger partial charge in [0, 0.05) is 36.7 Å². The summed E-state index contributed by atoms with van der Waals surface area (Å²) in [5.74, 6) is 2.42. The standard InChI is InChI=1S/C28H46N4O3S.ClH/c1-7-36-29-26(35)32(18-8-17-30(4)5)25(34)22-11-10-20-19-9-12-23-28(3,16-14-24(33)31(23)6)21(19)13-15-27(20,22)2;/h14,16,19-23H,7-13,15,17-18H2,1-6H3,(H,29,35);1H/t19-,20-,21+,22?,23?,27-,28+;/m0./s1. The van der Waals surface area contributed by atoms with Gasteiger partial charge in [-0.2, -0.15) is 0 Å². The molecule has 0 bridgehead atoms. The summed E-state index contributed by atoms with van der Waals surface area (Å²) in [7, 11) is 5.99. The summed E-state index contributed by atoms with van der Waals surface area (Å²) in [6.07, 6.45) is 10.9. The number of likely N-dealkylation sites (N-methyl/N-ethyl adjacent to an activating group) is 1. The minimum atomic E-state index is -0.264. The van der Waals surface area contributed by atoms with Crippen molar-refractivity contribution < 1.29 is 14.4 Å². The predicted molar refractivity (Wildman–Crippen MR) is 152 cm³/mol. The van der Waals surface area contributed by atoms with E-state index in [1.54, 1.807) is 6.08 Å². The van der Waals surface area contributed by atoms with Crippen molar-refractivity contribution in [2.75, 3.05) is 40.0 Å². The van der Waals surface area contributed by atoms with Crippen LogP contribution in [-0.4, -0.2) is 78.6 Å². The molecule has 9 heteroatoms. The van der Waals surface area contributed by atoms with Gasteiger partial charge in [0.25, 0.3) is 0 Å². The van der Waals surface area contributed by atoms with E-state index in [1.165, 1.54) is 16.8 Å². The minimum absolute atomic E-state index is 0. The monoisotopic (exact) mass is 554 g/mol. The zero-order valence-electron chi connectivity index (χ0n) is 23.5. The molecule has 4 aliphatic rings. The average Bonchev–Trinajstić information content (AvgIpc) is 3.19. The van der Waals surface area contributed by atoms with Crippen LogP contribution in [0.25, 0.3) is 0 Å². The number of nitrogens with zero attached hydrogens (tertiary/aromatic N) is 3. The highest BCUT2D eigenvalue weighted by Gasteiger charge is 2.62. The first kappa shape index (κ1) is 30.3. The Labute approximate surface area is 234 Å². The second-order valence-electron chi connectivity index (χ2n) is 12.3. The smallest absolute Gasteiger partial charge is 0.334 e. The SMILES string of the molecule is CCSNC(=O)N(CCCN(C)C)C(=O)C1CC[C@H]2[C@@H]3CCC4N(C)C(=O)C=C[C@]4(C)[C@@H]3CC[C@]12C.Cl. The molecule has 4 rings (SSSR count). The van der Waals surface area contributed by atoms with E-state index in [1.807, 2.05) is 33.0 Å². The molecule has 3 aliphatic carbocycles. The molecule has 7 atom stereocenters. The molecule has 0 aromatic rings. The number of hydrogen-bond donors (Lipinski definition) is 1. The molecule has 7 nitrogen and oxygen atoms in total. The van der Waals surface area contributed by atoms with E-state index in [4.69, 9.17) is 0 Å². The number of imide groups is 1. The molecule has 0 aromatic carbocycles. The molecule has 210 valence electrons. The van der Waals surface area contributed by atoms with E-state index in [-0.39, 0.29) is 53.0 Å². The number of halogens is 1. The van der Waals surface area contributed by atoms with Gasteiger partial charge in [-0.25, -0.2) is 4.79 Å². The molecule has 0 aromatic heterocycles. The summed E-state index contributed by atoms with van der Waals surface area (Å²) < 4.78 is 2.88. The molecule has 0 spiro atoms. The van der Waals surface area contributed by atoms with E-state index < -0.39 is 0 Å². The Morgan fingerprint density at radius 3 is 2.51 bits per heavy atom. The van der Waals surface area contributed by atoms with Crippen LogP contribution < -0.4 is 4.72 Å².